The Hall–Kier alpha value is 0.290. The van der Waals surface area contributed by atoms with E-state index < -0.39 is 48.1 Å². The van der Waals surface area contributed by atoms with Crippen LogP contribution in [0.3, 0.4) is 0 Å². The van der Waals surface area contributed by atoms with E-state index in [1.807, 2.05) is 0 Å². The van der Waals surface area contributed by atoms with Crippen molar-refractivity contribution in [3.63, 3.8) is 0 Å². The van der Waals surface area contributed by atoms with Crippen LogP contribution in [-0.2, 0) is 31.6 Å². The van der Waals surface area contributed by atoms with Crippen molar-refractivity contribution in [2.75, 3.05) is 6.61 Å². The third kappa shape index (κ3) is 6.42. The third-order valence-corrected chi connectivity index (χ3v) is 5.96. The summed E-state index contributed by atoms with van der Waals surface area (Å²) in [4.78, 5) is 42.3. The molecule has 0 spiro atoms. The first-order chi connectivity index (χ1) is 9.64. The Morgan fingerprint density at radius 2 is 1.73 bits per heavy atom. The van der Waals surface area contributed by atoms with Crippen LogP contribution in [0.5, 0.6) is 0 Å². The molecule has 22 heavy (non-hydrogen) atoms. The first kappa shape index (κ1) is 20.3. The van der Waals surface area contributed by atoms with Crippen LogP contribution in [0.2, 0.25) is 0 Å². The summed E-state index contributed by atoms with van der Waals surface area (Å²) < 4.78 is 47.2. The molecule has 2 N–H and O–H groups in total. The molecule has 0 aliphatic carbocycles. The van der Waals surface area contributed by atoms with E-state index in [4.69, 9.17) is 4.74 Å². The lowest BCUT2D eigenvalue weighted by molar-refractivity contribution is -0.339. The van der Waals surface area contributed by atoms with Crippen LogP contribution in [0.15, 0.2) is 0 Å². The van der Waals surface area contributed by atoms with E-state index in [9.17, 15) is 43.5 Å². The van der Waals surface area contributed by atoms with Crippen molar-refractivity contribution >= 4 is 23.5 Å². The summed E-state index contributed by atoms with van der Waals surface area (Å²) in [5.41, 5.74) is 0. The van der Waals surface area contributed by atoms with Crippen molar-refractivity contribution in [1.29, 1.82) is 0 Å². The van der Waals surface area contributed by atoms with Gasteiger partial charge in [0.05, 0.1) is 13.9 Å². The molecule has 0 aromatic heterocycles. The minimum absolute atomic E-state index is 0.0530. The molecule has 1 aliphatic rings. The zero-order valence-corrected chi connectivity index (χ0v) is 13.5. The molecular weight excluding hydrogens is 373 g/mol. The van der Waals surface area contributed by atoms with Gasteiger partial charge in [-0.25, -0.2) is 4.31 Å². The molecule has 0 aromatic carbocycles. The number of aliphatic hydroxyl groups excluding tert-OH is 1. The first-order valence-electron chi connectivity index (χ1n) is 5.44. The highest BCUT2D eigenvalue weighted by atomic mass is 31.3. The normalized spacial score (nSPS) is 35.0. The van der Waals surface area contributed by atoms with Gasteiger partial charge in [-0.15, -0.1) is 0 Å². The Kier molecular flexibility index (Phi) is 6.15. The summed E-state index contributed by atoms with van der Waals surface area (Å²) in [7, 11) is -17.9. The largest absolute Gasteiger partial charge is 0.790 e. The number of aliphatic hydroxyl groups is 2. The molecule has 0 aromatic rings. The van der Waals surface area contributed by atoms with Gasteiger partial charge in [0.15, 0.2) is 0 Å². The van der Waals surface area contributed by atoms with Crippen LogP contribution in [-0.4, -0.2) is 34.8 Å². The summed E-state index contributed by atoms with van der Waals surface area (Å²) >= 11 is 0. The molecule has 132 valence electrons. The van der Waals surface area contributed by atoms with Gasteiger partial charge in [-0.1, -0.05) is 0 Å². The van der Waals surface area contributed by atoms with Gasteiger partial charge in [0.1, 0.15) is 12.7 Å². The molecule has 1 saturated heterocycles. The van der Waals surface area contributed by atoms with Crippen molar-refractivity contribution in [3.05, 3.63) is 0 Å². The summed E-state index contributed by atoms with van der Waals surface area (Å²) in [5, 5.41) is 19.2. The fourth-order valence-electron chi connectivity index (χ4n) is 1.56. The van der Waals surface area contributed by atoms with E-state index in [1.165, 1.54) is 6.92 Å². The number of phosphoric acid groups is 3. The third-order valence-electron chi connectivity index (χ3n) is 2.31. The van der Waals surface area contributed by atoms with Crippen molar-refractivity contribution in [1.82, 2.24) is 0 Å². The van der Waals surface area contributed by atoms with Gasteiger partial charge in [-0.2, -0.15) is 0 Å². The maximum Gasteiger partial charge on any atom is 0.278 e. The van der Waals surface area contributed by atoms with Crippen LogP contribution in [0.1, 0.15) is 13.3 Å². The summed E-state index contributed by atoms with van der Waals surface area (Å²) in [6, 6.07) is 0. The van der Waals surface area contributed by atoms with Crippen LogP contribution in [0, 0.1) is 0 Å². The van der Waals surface area contributed by atoms with Gasteiger partial charge >= 0.3 is 0 Å². The summed E-state index contributed by atoms with van der Waals surface area (Å²) in [6.07, 6.45) is -2.22. The van der Waals surface area contributed by atoms with Crippen LogP contribution in [0.4, 0.5) is 0 Å². The topological polar surface area (TPSA) is 221 Å². The molecule has 0 saturated carbocycles. The number of hydrogen-bond acceptors (Lipinski definition) is 13. The predicted octanol–water partition coefficient (Wildman–Crippen LogP) is -3.34. The lowest BCUT2D eigenvalue weighted by atomic mass is 10.1. The second kappa shape index (κ2) is 6.66. The molecule has 5 atom stereocenters. The fraction of sp³-hybridized carbons (Fsp3) is 1.00. The minimum Gasteiger partial charge on any atom is -0.790 e. The Morgan fingerprint density at radius 1 is 1.18 bits per heavy atom. The SMILES string of the molecule is C[C@H]1CC(O)[C@@](O)(COP(=O)([O-])OP(=O)([O-])OP(=O)([O-])[O-])O1. The van der Waals surface area contributed by atoms with Crippen LogP contribution >= 0.6 is 23.5 Å². The molecule has 1 fully saturated rings. The minimum atomic E-state index is -6.07. The number of hydrogen-bond donors (Lipinski definition) is 2. The van der Waals surface area contributed by atoms with E-state index in [-0.39, 0.29) is 6.42 Å². The molecule has 3 unspecified atom stereocenters. The molecule has 16 heteroatoms. The van der Waals surface area contributed by atoms with E-state index in [0.717, 1.165) is 0 Å². The molecule has 0 amide bonds. The quantitative estimate of drug-likeness (QED) is 0.410. The Morgan fingerprint density at radius 3 is 2.14 bits per heavy atom. The zero-order valence-electron chi connectivity index (χ0n) is 10.8. The lowest BCUT2D eigenvalue weighted by Crippen LogP contribution is -2.44. The Balaban J connectivity index is 2.67. The zero-order chi connectivity index (χ0) is 17.4. The monoisotopic (exact) mass is 384 g/mol. The molecule has 1 aliphatic heterocycles. The van der Waals surface area contributed by atoms with Crippen molar-refractivity contribution in [2.45, 2.75) is 31.3 Å². The molecule has 0 bridgehead atoms. The summed E-state index contributed by atoms with van der Waals surface area (Å²) in [6.45, 7) is 0.208. The number of ether oxygens (including phenoxy) is 1. The van der Waals surface area contributed by atoms with Crippen LogP contribution in [0.25, 0.3) is 0 Å². The average Bonchev–Trinajstić information content (AvgIpc) is 2.45. The molecule has 0 radical (unpaired) electrons. The van der Waals surface area contributed by atoms with Gasteiger partial charge in [-0.3, -0.25) is 13.4 Å². The van der Waals surface area contributed by atoms with Gasteiger partial charge in [0.2, 0.25) is 5.79 Å². The van der Waals surface area contributed by atoms with E-state index in [2.05, 4.69) is 13.1 Å². The van der Waals surface area contributed by atoms with Gasteiger partial charge in [0.25, 0.3) is 15.6 Å². The molecule has 1 rings (SSSR count). The Labute approximate surface area is 123 Å². The summed E-state index contributed by atoms with van der Waals surface area (Å²) in [5.74, 6) is -2.44. The van der Waals surface area contributed by atoms with Gasteiger partial charge in [0, 0.05) is 6.42 Å². The average molecular weight is 384 g/mol. The highest BCUT2D eigenvalue weighted by Crippen LogP contribution is 2.60. The van der Waals surface area contributed by atoms with Gasteiger partial charge in [-0.05, 0) is 6.92 Å². The first-order valence-corrected chi connectivity index (χ1v) is 9.82. The Bertz CT molecular complexity index is 542. The van der Waals surface area contributed by atoms with Gasteiger partial charge < -0.3 is 43.6 Å². The fourth-order valence-corrected chi connectivity index (χ4v) is 4.44. The van der Waals surface area contributed by atoms with Crippen molar-refractivity contribution in [2.24, 2.45) is 0 Å². The van der Waals surface area contributed by atoms with E-state index in [1.54, 1.807) is 0 Å². The maximum absolute atomic E-state index is 11.2. The standard InChI is InChI=1S/C6H15O13P3/c1-4-2-5(7)6(8,17-4)3-16-21(12,13)19-22(14,15)18-20(9,10)11/h4-5,7-8H,2-3H2,1H3,(H,12,13)(H,14,15)(H2,9,10,11)/p-4/t4-,5?,6+/m0/s1. The number of phosphoric ester groups is 1. The van der Waals surface area contributed by atoms with Crippen molar-refractivity contribution in [3.8, 4) is 0 Å². The molecule has 1 heterocycles. The number of rotatable bonds is 7. The maximum atomic E-state index is 11.2. The van der Waals surface area contributed by atoms with Crippen molar-refractivity contribution < 1.29 is 61.4 Å². The highest BCUT2D eigenvalue weighted by molar-refractivity contribution is 7.64. The van der Waals surface area contributed by atoms with Crippen LogP contribution < -0.4 is 19.6 Å². The van der Waals surface area contributed by atoms with E-state index >= 15 is 0 Å². The second-order valence-electron chi connectivity index (χ2n) is 4.30. The van der Waals surface area contributed by atoms with E-state index in [0.29, 0.717) is 0 Å². The second-order valence-corrected chi connectivity index (χ2v) is 8.55. The molecular formula is C6H11O13P3-4. The highest BCUT2D eigenvalue weighted by Gasteiger charge is 2.46. The lowest BCUT2D eigenvalue weighted by Gasteiger charge is -2.38. The molecule has 13 nitrogen and oxygen atoms in total. The predicted molar refractivity (Wildman–Crippen MR) is 57.1 cm³/mol. The smallest absolute Gasteiger partial charge is 0.278 e.